The third kappa shape index (κ3) is 6.38. The van der Waals surface area contributed by atoms with E-state index in [-0.39, 0.29) is 23.8 Å². The fourth-order valence-corrected chi connectivity index (χ4v) is 4.23. The summed E-state index contributed by atoms with van der Waals surface area (Å²) < 4.78 is 16.5. The van der Waals surface area contributed by atoms with Gasteiger partial charge >= 0.3 is 0 Å². The summed E-state index contributed by atoms with van der Waals surface area (Å²) in [5, 5.41) is 7.08. The molecule has 1 heterocycles. The van der Waals surface area contributed by atoms with Crippen molar-refractivity contribution in [1.82, 2.24) is 15.5 Å². The smallest absolute Gasteiger partial charge is 0.225 e. The third-order valence-electron chi connectivity index (χ3n) is 5.49. The van der Waals surface area contributed by atoms with Crippen LogP contribution in [0.4, 0.5) is 0 Å². The van der Waals surface area contributed by atoms with Crippen molar-refractivity contribution in [3.63, 3.8) is 0 Å². The number of rotatable bonds is 9. The number of hydrogen-bond donors (Lipinski definition) is 2. The quantitative estimate of drug-likeness (QED) is 0.559. The topological polar surface area (TPSA) is 72.1 Å². The van der Waals surface area contributed by atoms with Gasteiger partial charge in [-0.1, -0.05) is 13.8 Å². The predicted octanol–water partition coefficient (Wildman–Crippen LogP) is 3.17. The Morgan fingerprint density at radius 1 is 1.10 bits per heavy atom. The van der Waals surface area contributed by atoms with E-state index < -0.39 is 0 Å². The molecule has 31 heavy (non-hydrogen) atoms. The van der Waals surface area contributed by atoms with Gasteiger partial charge in [0, 0.05) is 31.6 Å². The van der Waals surface area contributed by atoms with Crippen LogP contribution < -0.4 is 24.8 Å². The minimum Gasteiger partial charge on any atom is -0.493 e. The summed E-state index contributed by atoms with van der Waals surface area (Å²) in [6.07, 6.45) is 0.949. The van der Waals surface area contributed by atoms with Crippen LogP contribution >= 0.6 is 12.2 Å². The van der Waals surface area contributed by atoms with Crippen LogP contribution in [-0.4, -0.2) is 62.9 Å². The summed E-state index contributed by atoms with van der Waals surface area (Å²) in [7, 11) is 4.78. The average molecular weight is 452 g/mol. The van der Waals surface area contributed by atoms with Crippen molar-refractivity contribution in [2.24, 2.45) is 11.8 Å². The minimum absolute atomic E-state index is 0.0502. The number of nitrogens with one attached hydrogen (secondary N) is 2. The summed E-state index contributed by atoms with van der Waals surface area (Å²) in [5.41, 5.74) is 0.966. The van der Waals surface area contributed by atoms with Crippen LogP contribution in [0.25, 0.3) is 0 Å². The molecule has 8 heteroatoms. The van der Waals surface area contributed by atoms with E-state index >= 15 is 0 Å². The Balaban J connectivity index is 2.35. The normalized spacial score (nSPS) is 18.3. The number of benzene rings is 1. The van der Waals surface area contributed by atoms with E-state index in [0.29, 0.717) is 47.9 Å². The summed E-state index contributed by atoms with van der Waals surface area (Å²) in [6, 6.07) is 4.09. The number of amides is 1. The van der Waals surface area contributed by atoms with E-state index in [2.05, 4.69) is 43.2 Å². The molecule has 1 fully saturated rings. The van der Waals surface area contributed by atoms with Crippen molar-refractivity contribution < 1.29 is 19.0 Å². The van der Waals surface area contributed by atoms with Gasteiger partial charge in [-0.25, -0.2) is 0 Å². The van der Waals surface area contributed by atoms with E-state index in [4.69, 9.17) is 26.4 Å². The molecule has 2 atom stereocenters. The number of carbonyl (C=O) groups excluding carboxylic acids is 1. The van der Waals surface area contributed by atoms with Gasteiger partial charge in [-0.3, -0.25) is 4.79 Å². The van der Waals surface area contributed by atoms with E-state index in [1.807, 2.05) is 12.1 Å². The van der Waals surface area contributed by atoms with Crippen LogP contribution in [0.5, 0.6) is 17.2 Å². The Kier molecular flexibility index (Phi) is 9.22. The maximum absolute atomic E-state index is 13.1. The molecule has 1 aromatic rings. The molecule has 2 rings (SSSR count). The molecular weight excluding hydrogens is 414 g/mol. The molecule has 2 N–H and O–H groups in total. The van der Waals surface area contributed by atoms with Crippen LogP contribution in [0.3, 0.4) is 0 Å². The molecule has 7 nitrogen and oxygen atoms in total. The summed E-state index contributed by atoms with van der Waals surface area (Å²) >= 11 is 5.60. The Morgan fingerprint density at radius 3 is 2.19 bits per heavy atom. The number of hydrogen-bond acceptors (Lipinski definition) is 5. The SMILES string of the molecule is COc1cc([C@@H]2CN(C(=S)NC(C)C)C[C@H]2C(=O)NCCC(C)C)cc(OC)c1OC. The van der Waals surface area contributed by atoms with Crippen molar-refractivity contribution in [2.45, 2.75) is 46.1 Å². The number of carbonyl (C=O) groups is 1. The Morgan fingerprint density at radius 2 is 1.71 bits per heavy atom. The van der Waals surface area contributed by atoms with E-state index in [9.17, 15) is 4.79 Å². The van der Waals surface area contributed by atoms with E-state index in [1.165, 1.54) is 0 Å². The zero-order valence-electron chi connectivity index (χ0n) is 19.8. The van der Waals surface area contributed by atoms with Crippen molar-refractivity contribution in [2.75, 3.05) is 41.0 Å². The van der Waals surface area contributed by atoms with Crippen molar-refractivity contribution in [3.05, 3.63) is 17.7 Å². The number of likely N-dealkylation sites (tertiary alicyclic amines) is 1. The lowest BCUT2D eigenvalue weighted by molar-refractivity contribution is -0.124. The van der Waals surface area contributed by atoms with Gasteiger partial charge in [0.05, 0.1) is 27.2 Å². The lowest BCUT2D eigenvalue weighted by Crippen LogP contribution is -2.42. The molecule has 0 saturated carbocycles. The van der Waals surface area contributed by atoms with Crippen molar-refractivity contribution in [3.8, 4) is 17.2 Å². The zero-order chi connectivity index (χ0) is 23.1. The van der Waals surface area contributed by atoms with Gasteiger partial charge in [0.1, 0.15) is 0 Å². The van der Waals surface area contributed by atoms with Crippen LogP contribution in [-0.2, 0) is 4.79 Å². The van der Waals surface area contributed by atoms with Gasteiger partial charge in [-0.15, -0.1) is 0 Å². The Labute approximate surface area is 191 Å². The van der Waals surface area contributed by atoms with Crippen LogP contribution in [0.15, 0.2) is 12.1 Å². The highest BCUT2D eigenvalue weighted by Gasteiger charge is 2.40. The van der Waals surface area contributed by atoms with Gasteiger partial charge in [0.2, 0.25) is 11.7 Å². The van der Waals surface area contributed by atoms with E-state index in [0.717, 1.165) is 12.0 Å². The third-order valence-corrected chi connectivity index (χ3v) is 5.87. The lowest BCUT2D eigenvalue weighted by atomic mass is 9.87. The predicted molar refractivity (Wildman–Crippen MR) is 127 cm³/mol. The summed E-state index contributed by atoms with van der Waals surface area (Å²) in [4.78, 5) is 15.2. The molecule has 1 aliphatic heterocycles. The monoisotopic (exact) mass is 451 g/mol. The maximum atomic E-state index is 13.1. The highest BCUT2D eigenvalue weighted by atomic mass is 32.1. The fourth-order valence-electron chi connectivity index (χ4n) is 3.84. The second-order valence-electron chi connectivity index (χ2n) is 8.65. The number of ether oxygens (including phenoxy) is 3. The highest BCUT2D eigenvalue weighted by Crippen LogP contribution is 2.43. The Bertz CT molecular complexity index is 744. The van der Waals surface area contributed by atoms with Gasteiger partial charge in [0.25, 0.3) is 0 Å². The minimum atomic E-state index is -0.234. The number of thiocarbonyl (C=S) groups is 1. The standard InChI is InChI=1S/C23H37N3O4S/c1-14(2)8-9-24-22(27)18-13-26(23(31)25-15(3)4)12-17(18)16-10-19(28-5)21(30-7)20(11-16)29-6/h10-11,14-15,17-18H,8-9,12-13H2,1-7H3,(H,24,27)(H,25,31)/t17-,18+/m0/s1. The highest BCUT2D eigenvalue weighted by molar-refractivity contribution is 7.80. The first-order chi connectivity index (χ1) is 14.7. The van der Waals surface area contributed by atoms with Crippen LogP contribution in [0.1, 0.15) is 45.6 Å². The van der Waals surface area contributed by atoms with Crippen LogP contribution in [0.2, 0.25) is 0 Å². The molecule has 0 radical (unpaired) electrons. The molecule has 1 amide bonds. The van der Waals surface area contributed by atoms with Gasteiger partial charge in [0.15, 0.2) is 16.6 Å². The fraction of sp³-hybridized carbons (Fsp3) is 0.652. The van der Waals surface area contributed by atoms with Gasteiger partial charge < -0.3 is 29.7 Å². The molecule has 0 spiro atoms. The molecule has 0 unspecified atom stereocenters. The average Bonchev–Trinajstić information content (AvgIpc) is 3.17. The lowest BCUT2D eigenvalue weighted by Gasteiger charge is -2.22. The molecule has 1 aliphatic rings. The van der Waals surface area contributed by atoms with E-state index in [1.54, 1.807) is 21.3 Å². The first-order valence-corrected chi connectivity index (χ1v) is 11.3. The molecule has 1 aromatic carbocycles. The first kappa shape index (κ1) is 25.0. The zero-order valence-corrected chi connectivity index (χ0v) is 20.6. The molecular formula is C23H37N3O4S. The Hall–Kier alpha value is -2.22. The molecule has 174 valence electrons. The van der Waals surface area contributed by atoms with Gasteiger partial charge in [-0.2, -0.15) is 0 Å². The maximum Gasteiger partial charge on any atom is 0.225 e. The molecule has 0 aromatic heterocycles. The largest absolute Gasteiger partial charge is 0.493 e. The molecule has 0 aliphatic carbocycles. The van der Waals surface area contributed by atoms with Crippen molar-refractivity contribution in [1.29, 1.82) is 0 Å². The second kappa shape index (κ2) is 11.4. The van der Waals surface area contributed by atoms with Gasteiger partial charge in [-0.05, 0) is 56.1 Å². The number of methoxy groups -OCH3 is 3. The molecule has 0 bridgehead atoms. The van der Waals surface area contributed by atoms with Crippen LogP contribution in [0, 0.1) is 11.8 Å². The molecule has 1 saturated heterocycles. The second-order valence-corrected chi connectivity index (χ2v) is 9.04. The van der Waals surface area contributed by atoms with Crippen molar-refractivity contribution >= 4 is 23.2 Å². The number of nitrogens with zero attached hydrogens (tertiary/aromatic N) is 1. The summed E-state index contributed by atoms with van der Waals surface area (Å²) in [5.74, 6) is 2.00. The first-order valence-electron chi connectivity index (χ1n) is 10.8. The summed E-state index contributed by atoms with van der Waals surface area (Å²) in [6.45, 7) is 10.3.